The minimum Gasteiger partial charge on any atom is -0.467 e. The molecule has 0 aromatic heterocycles. The molecule has 0 radical (unpaired) electrons. The summed E-state index contributed by atoms with van der Waals surface area (Å²) in [6.45, 7) is 6.70. The van der Waals surface area contributed by atoms with E-state index in [1.807, 2.05) is 0 Å². The van der Waals surface area contributed by atoms with Crippen molar-refractivity contribution in [1.29, 1.82) is 0 Å². The Morgan fingerprint density at radius 3 is 2.60 bits per heavy atom. The second-order valence-electron chi connectivity index (χ2n) is 6.88. The molecule has 0 aromatic rings. The molecule has 1 heterocycles. The Morgan fingerprint density at radius 2 is 2.00 bits per heavy atom. The van der Waals surface area contributed by atoms with Crippen molar-refractivity contribution in [3.05, 3.63) is 11.8 Å². The number of esters is 1. The van der Waals surface area contributed by atoms with Gasteiger partial charge in [0.25, 0.3) is 0 Å². The predicted molar refractivity (Wildman–Crippen MR) is 93.0 cm³/mol. The Hall–Kier alpha value is -2.09. The number of hydrogen-bond acceptors (Lipinski definition) is 7. The fourth-order valence-electron chi connectivity index (χ4n) is 2.30. The van der Waals surface area contributed by atoms with Gasteiger partial charge >= 0.3 is 12.1 Å². The lowest BCUT2D eigenvalue weighted by molar-refractivity contribution is -0.143. The van der Waals surface area contributed by atoms with E-state index >= 15 is 0 Å². The smallest absolute Gasteiger partial charge is 0.407 e. The number of rotatable bonds is 8. The number of ether oxygens (including phenoxy) is 2. The van der Waals surface area contributed by atoms with Crippen LogP contribution in [0, 0.1) is 0 Å². The molecule has 0 aliphatic carbocycles. The molecule has 8 nitrogen and oxygen atoms in total. The molecular formula is C17H29N3O5. The van der Waals surface area contributed by atoms with Crippen molar-refractivity contribution in [1.82, 2.24) is 16.0 Å². The molecule has 0 spiro atoms. The maximum atomic E-state index is 11.9. The van der Waals surface area contributed by atoms with Crippen molar-refractivity contribution in [3.63, 3.8) is 0 Å². The highest BCUT2D eigenvalue weighted by Gasteiger charge is 2.21. The van der Waals surface area contributed by atoms with Crippen molar-refractivity contribution in [2.24, 2.45) is 0 Å². The van der Waals surface area contributed by atoms with Gasteiger partial charge in [-0.25, -0.2) is 9.59 Å². The van der Waals surface area contributed by atoms with E-state index in [4.69, 9.17) is 9.47 Å². The monoisotopic (exact) mass is 355 g/mol. The summed E-state index contributed by atoms with van der Waals surface area (Å²) >= 11 is 0. The van der Waals surface area contributed by atoms with Crippen molar-refractivity contribution >= 4 is 17.8 Å². The molecule has 0 bridgehead atoms. The molecule has 1 atom stereocenters. The molecule has 25 heavy (non-hydrogen) atoms. The topological polar surface area (TPSA) is 106 Å². The third-order valence-corrected chi connectivity index (χ3v) is 3.38. The first-order valence-electron chi connectivity index (χ1n) is 8.46. The fraction of sp³-hybridized carbons (Fsp3) is 0.706. The molecule has 0 fully saturated rings. The average Bonchev–Trinajstić information content (AvgIpc) is 2.51. The van der Waals surface area contributed by atoms with E-state index in [1.54, 1.807) is 20.8 Å². The molecule has 0 unspecified atom stereocenters. The molecule has 0 saturated carbocycles. The Bertz CT molecular complexity index is 511. The molecule has 1 aliphatic heterocycles. The fourth-order valence-corrected chi connectivity index (χ4v) is 2.30. The van der Waals surface area contributed by atoms with Gasteiger partial charge in [0.15, 0.2) is 5.78 Å². The van der Waals surface area contributed by atoms with Crippen LogP contribution in [0.1, 0.15) is 40.0 Å². The zero-order chi connectivity index (χ0) is 18.9. The predicted octanol–water partition coefficient (Wildman–Crippen LogP) is 0.869. The number of carbonyl (C=O) groups excluding carboxylic acids is 3. The van der Waals surface area contributed by atoms with E-state index in [9.17, 15) is 14.4 Å². The van der Waals surface area contributed by atoms with Crippen molar-refractivity contribution in [3.8, 4) is 0 Å². The molecule has 3 N–H and O–H groups in total. The van der Waals surface area contributed by atoms with Crippen LogP contribution in [-0.4, -0.2) is 56.2 Å². The summed E-state index contributed by atoms with van der Waals surface area (Å²) in [5.74, 6) is -0.405. The van der Waals surface area contributed by atoms with Crippen molar-refractivity contribution in [2.45, 2.75) is 51.7 Å². The van der Waals surface area contributed by atoms with Gasteiger partial charge < -0.3 is 25.4 Å². The van der Waals surface area contributed by atoms with Crippen LogP contribution in [-0.2, 0) is 19.1 Å². The largest absolute Gasteiger partial charge is 0.467 e. The van der Waals surface area contributed by atoms with E-state index in [2.05, 4.69) is 16.0 Å². The van der Waals surface area contributed by atoms with Crippen molar-refractivity contribution in [2.75, 3.05) is 26.7 Å². The zero-order valence-electron chi connectivity index (χ0n) is 15.4. The third-order valence-electron chi connectivity index (χ3n) is 3.38. The lowest BCUT2D eigenvalue weighted by atomic mass is 10.1. The number of amides is 1. The first-order valence-corrected chi connectivity index (χ1v) is 8.46. The Labute approximate surface area is 148 Å². The number of alkyl carbamates (subject to hydrolysis) is 1. The lowest BCUT2D eigenvalue weighted by Crippen LogP contribution is -2.42. The summed E-state index contributed by atoms with van der Waals surface area (Å²) in [6, 6.07) is -0.523. The minimum atomic E-state index is -0.525. The molecule has 0 aromatic carbocycles. The number of methoxy groups -OCH3 is 1. The van der Waals surface area contributed by atoms with Crippen molar-refractivity contribution < 1.29 is 23.9 Å². The minimum absolute atomic E-state index is 0.0288. The maximum Gasteiger partial charge on any atom is 0.407 e. The highest BCUT2D eigenvalue weighted by molar-refractivity contribution is 5.93. The van der Waals surface area contributed by atoms with E-state index in [0.717, 1.165) is 0 Å². The summed E-state index contributed by atoms with van der Waals surface area (Å²) < 4.78 is 9.96. The van der Waals surface area contributed by atoms with Crippen LogP contribution in [0.25, 0.3) is 0 Å². The van der Waals surface area contributed by atoms with Crippen LogP contribution in [0.5, 0.6) is 0 Å². The summed E-state index contributed by atoms with van der Waals surface area (Å²) in [5.41, 5.74) is 0.155. The number of nitrogens with one attached hydrogen (secondary N) is 3. The quantitative estimate of drug-likeness (QED) is 0.438. The van der Waals surface area contributed by atoms with Crippen LogP contribution in [0.3, 0.4) is 0 Å². The van der Waals surface area contributed by atoms with Gasteiger partial charge in [0.05, 0.1) is 13.7 Å². The highest BCUT2D eigenvalue weighted by atomic mass is 16.6. The van der Waals surface area contributed by atoms with Gasteiger partial charge in [0, 0.05) is 24.9 Å². The summed E-state index contributed by atoms with van der Waals surface area (Å²) in [5, 5.41) is 8.70. The lowest BCUT2D eigenvalue weighted by Gasteiger charge is -2.22. The van der Waals surface area contributed by atoms with Crippen LogP contribution in [0.4, 0.5) is 4.79 Å². The van der Waals surface area contributed by atoms with Crippen LogP contribution in [0.15, 0.2) is 11.8 Å². The Morgan fingerprint density at radius 1 is 1.28 bits per heavy atom. The van der Waals surface area contributed by atoms with Gasteiger partial charge in [0.2, 0.25) is 0 Å². The highest BCUT2D eigenvalue weighted by Crippen LogP contribution is 2.08. The van der Waals surface area contributed by atoms with Gasteiger partial charge in [-0.05, 0) is 40.0 Å². The van der Waals surface area contributed by atoms with Gasteiger partial charge in [-0.15, -0.1) is 0 Å². The van der Waals surface area contributed by atoms with E-state index in [-0.39, 0.29) is 11.8 Å². The van der Waals surface area contributed by atoms with Crippen LogP contribution >= 0.6 is 0 Å². The molecule has 142 valence electrons. The molecule has 0 saturated heterocycles. The van der Waals surface area contributed by atoms with Crippen LogP contribution < -0.4 is 16.0 Å². The van der Waals surface area contributed by atoms with E-state index in [0.29, 0.717) is 44.6 Å². The first-order chi connectivity index (χ1) is 11.7. The van der Waals surface area contributed by atoms with Crippen LogP contribution in [0.2, 0.25) is 0 Å². The van der Waals surface area contributed by atoms with Gasteiger partial charge in [-0.2, -0.15) is 0 Å². The maximum absolute atomic E-state index is 11.9. The molecule has 8 heteroatoms. The SMILES string of the molecule is COC(=O)[C@H](CCCCNC(=O)OC(C)(C)C)NC1=CC(=O)CNC1. The standard InChI is InChI=1S/C17H29N3O5/c1-17(2,3)25-16(23)19-8-6-5-7-14(15(22)24-4)20-12-9-13(21)11-18-10-12/h9,14,18,20H,5-8,10-11H2,1-4H3,(H,19,23)/t14-/m0/s1. The normalized spacial score (nSPS) is 15.8. The van der Waals surface area contributed by atoms with E-state index in [1.165, 1.54) is 13.2 Å². The summed E-state index contributed by atoms with van der Waals surface area (Å²) in [7, 11) is 1.33. The number of unbranched alkanes of at least 4 members (excludes halogenated alkanes) is 1. The molecule has 1 amide bonds. The second kappa shape index (κ2) is 10.0. The summed E-state index contributed by atoms with van der Waals surface area (Å²) in [6.07, 6.45) is 3.00. The molecular weight excluding hydrogens is 326 g/mol. The molecule has 1 rings (SSSR count). The second-order valence-corrected chi connectivity index (χ2v) is 6.88. The van der Waals surface area contributed by atoms with E-state index < -0.39 is 17.7 Å². The van der Waals surface area contributed by atoms with Gasteiger partial charge in [-0.3, -0.25) is 4.79 Å². The number of ketones is 1. The number of hydrogen-bond donors (Lipinski definition) is 3. The third kappa shape index (κ3) is 9.09. The Balaban J connectivity index is 2.35. The van der Waals surface area contributed by atoms with Gasteiger partial charge in [0.1, 0.15) is 11.6 Å². The zero-order valence-corrected chi connectivity index (χ0v) is 15.4. The molecule has 1 aliphatic rings. The Kier molecular flexibility index (Phi) is 8.40. The first kappa shape index (κ1) is 21.0. The summed E-state index contributed by atoms with van der Waals surface area (Å²) in [4.78, 5) is 34.8. The van der Waals surface area contributed by atoms with Gasteiger partial charge in [-0.1, -0.05) is 0 Å². The number of carbonyl (C=O) groups is 3. The average molecular weight is 355 g/mol.